The lowest BCUT2D eigenvalue weighted by Gasteiger charge is -2.08. The molecule has 19 heavy (non-hydrogen) atoms. The number of aryl methyl sites for hydroxylation is 2. The van der Waals surface area contributed by atoms with Gasteiger partial charge in [0.15, 0.2) is 0 Å². The zero-order chi connectivity index (χ0) is 13.8. The number of rotatable bonds is 5. The van der Waals surface area contributed by atoms with Crippen molar-refractivity contribution in [1.29, 1.82) is 0 Å². The standard InChI is InChI=1S/C14H16N2O3/c15-11(7-13(17)14(16)18)8-19-12-5-4-9-2-1-3-10(9)6-12/h4-7H,1-3,8,15H2,(H2,16,18)/b11-7-. The largest absolute Gasteiger partial charge is 0.487 e. The first kappa shape index (κ1) is 13.1. The second kappa shape index (κ2) is 5.56. The number of carbonyl (C=O) groups is 2. The van der Waals surface area contributed by atoms with E-state index < -0.39 is 11.7 Å². The third-order valence-electron chi connectivity index (χ3n) is 3.03. The maximum Gasteiger partial charge on any atom is 0.289 e. The Bertz CT molecular complexity index is 550. The van der Waals surface area contributed by atoms with Crippen LogP contribution in [0.4, 0.5) is 0 Å². The van der Waals surface area contributed by atoms with E-state index in [1.165, 1.54) is 17.5 Å². The van der Waals surface area contributed by atoms with Gasteiger partial charge in [-0.2, -0.15) is 0 Å². The zero-order valence-electron chi connectivity index (χ0n) is 10.5. The van der Waals surface area contributed by atoms with Crippen LogP contribution in [0.3, 0.4) is 0 Å². The number of hydrogen-bond donors (Lipinski definition) is 2. The molecule has 0 saturated carbocycles. The Hall–Kier alpha value is -2.30. The molecule has 0 aromatic heterocycles. The Labute approximate surface area is 111 Å². The summed E-state index contributed by atoms with van der Waals surface area (Å²) < 4.78 is 5.48. The van der Waals surface area contributed by atoms with Gasteiger partial charge in [-0.25, -0.2) is 0 Å². The van der Waals surface area contributed by atoms with Crippen LogP contribution in [-0.2, 0) is 22.4 Å². The third-order valence-corrected chi connectivity index (χ3v) is 3.03. The van der Waals surface area contributed by atoms with Gasteiger partial charge in [0.1, 0.15) is 12.4 Å². The summed E-state index contributed by atoms with van der Waals surface area (Å²) in [5.41, 5.74) is 13.2. The number of nitrogens with two attached hydrogens (primary N) is 2. The molecule has 0 spiro atoms. The van der Waals surface area contributed by atoms with Crippen LogP contribution < -0.4 is 16.2 Å². The molecule has 1 amide bonds. The van der Waals surface area contributed by atoms with E-state index in [1.807, 2.05) is 18.2 Å². The first-order valence-electron chi connectivity index (χ1n) is 6.10. The minimum atomic E-state index is -1.03. The molecule has 1 aliphatic rings. The predicted octanol–water partition coefficient (Wildman–Crippen LogP) is 0.451. The summed E-state index contributed by atoms with van der Waals surface area (Å²) in [5, 5.41) is 0. The van der Waals surface area contributed by atoms with Crippen molar-refractivity contribution in [2.24, 2.45) is 11.5 Å². The van der Waals surface area contributed by atoms with E-state index in [1.54, 1.807) is 0 Å². The van der Waals surface area contributed by atoms with Gasteiger partial charge >= 0.3 is 0 Å². The van der Waals surface area contributed by atoms with Crippen molar-refractivity contribution in [3.8, 4) is 5.75 Å². The van der Waals surface area contributed by atoms with Crippen molar-refractivity contribution in [3.63, 3.8) is 0 Å². The SMILES string of the molecule is NC(=O)C(=O)/C=C(\N)COc1ccc2c(c1)CCC2. The summed E-state index contributed by atoms with van der Waals surface area (Å²) in [6.45, 7) is 0.0534. The quantitative estimate of drug-likeness (QED) is 0.593. The summed E-state index contributed by atoms with van der Waals surface area (Å²) in [5.74, 6) is -1.14. The Morgan fingerprint density at radius 3 is 2.68 bits per heavy atom. The molecule has 100 valence electrons. The number of benzene rings is 1. The number of carbonyl (C=O) groups excluding carboxylic acids is 2. The summed E-state index contributed by atoms with van der Waals surface area (Å²) in [7, 11) is 0. The first-order chi connectivity index (χ1) is 9.06. The molecule has 1 aliphatic carbocycles. The van der Waals surface area contributed by atoms with E-state index in [0.717, 1.165) is 18.9 Å². The Morgan fingerprint density at radius 1 is 1.21 bits per heavy atom. The van der Waals surface area contributed by atoms with Gasteiger partial charge in [-0.15, -0.1) is 0 Å². The molecule has 0 fully saturated rings. The molecular weight excluding hydrogens is 244 g/mol. The highest BCUT2D eigenvalue weighted by molar-refractivity contribution is 6.40. The number of amides is 1. The van der Waals surface area contributed by atoms with E-state index in [4.69, 9.17) is 16.2 Å². The Kier molecular flexibility index (Phi) is 3.85. The van der Waals surface area contributed by atoms with Crippen LogP contribution in [0.2, 0.25) is 0 Å². The lowest BCUT2D eigenvalue weighted by Crippen LogP contribution is -2.23. The molecule has 0 aliphatic heterocycles. The predicted molar refractivity (Wildman–Crippen MR) is 70.4 cm³/mol. The number of hydrogen-bond acceptors (Lipinski definition) is 4. The first-order valence-corrected chi connectivity index (χ1v) is 6.10. The molecule has 1 aromatic carbocycles. The molecule has 0 atom stereocenters. The van der Waals surface area contributed by atoms with E-state index in [0.29, 0.717) is 5.75 Å². The molecular formula is C14H16N2O3. The summed E-state index contributed by atoms with van der Waals surface area (Å²) in [6.07, 6.45) is 4.35. The van der Waals surface area contributed by atoms with Crippen LogP contribution in [-0.4, -0.2) is 18.3 Å². The van der Waals surface area contributed by atoms with Gasteiger partial charge in [-0.3, -0.25) is 9.59 Å². The highest BCUT2D eigenvalue weighted by atomic mass is 16.5. The lowest BCUT2D eigenvalue weighted by molar-refractivity contribution is -0.133. The maximum atomic E-state index is 11.0. The minimum Gasteiger partial charge on any atom is -0.487 e. The van der Waals surface area contributed by atoms with Gasteiger partial charge in [0, 0.05) is 6.08 Å². The molecule has 5 heteroatoms. The summed E-state index contributed by atoms with van der Waals surface area (Å²) >= 11 is 0. The topological polar surface area (TPSA) is 95.4 Å². The Morgan fingerprint density at radius 2 is 1.95 bits per heavy atom. The van der Waals surface area contributed by atoms with E-state index in [9.17, 15) is 9.59 Å². The van der Waals surface area contributed by atoms with Crippen molar-refractivity contribution in [2.75, 3.05) is 6.61 Å². The smallest absolute Gasteiger partial charge is 0.289 e. The summed E-state index contributed by atoms with van der Waals surface area (Å²) in [6, 6.07) is 5.92. The van der Waals surface area contributed by atoms with Gasteiger partial charge in [0.2, 0.25) is 5.78 Å². The number of ether oxygens (including phenoxy) is 1. The Balaban J connectivity index is 1.95. The van der Waals surface area contributed by atoms with Crippen molar-refractivity contribution >= 4 is 11.7 Å². The molecule has 0 unspecified atom stereocenters. The van der Waals surface area contributed by atoms with Crippen molar-refractivity contribution < 1.29 is 14.3 Å². The van der Waals surface area contributed by atoms with Crippen LogP contribution in [0.25, 0.3) is 0 Å². The van der Waals surface area contributed by atoms with Gasteiger partial charge < -0.3 is 16.2 Å². The second-order valence-corrected chi connectivity index (χ2v) is 4.52. The number of fused-ring (bicyclic) bond motifs is 1. The molecule has 4 N–H and O–H groups in total. The van der Waals surface area contributed by atoms with E-state index >= 15 is 0 Å². The van der Waals surface area contributed by atoms with Gasteiger partial charge in [0.05, 0.1) is 5.70 Å². The van der Waals surface area contributed by atoms with E-state index in [-0.39, 0.29) is 12.3 Å². The molecule has 5 nitrogen and oxygen atoms in total. The van der Waals surface area contributed by atoms with Crippen LogP contribution in [0, 0.1) is 0 Å². The monoisotopic (exact) mass is 260 g/mol. The van der Waals surface area contributed by atoms with Gasteiger partial charge in [-0.05, 0) is 42.5 Å². The van der Waals surface area contributed by atoms with Crippen molar-refractivity contribution in [3.05, 3.63) is 41.1 Å². The van der Waals surface area contributed by atoms with Crippen LogP contribution in [0.5, 0.6) is 5.75 Å². The highest BCUT2D eigenvalue weighted by Crippen LogP contribution is 2.26. The molecule has 0 bridgehead atoms. The molecule has 0 heterocycles. The van der Waals surface area contributed by atoms with Gasteiger partial charge in [-0.1, -0.05) is 6.07 Å². The van der Waals surface area contributed by atoms with Crippen molar-refractivity contribution in [1.82, 2.24) is 0 Å². The highest BCUT2D eigenvalue weighted by Gasteiger charge is 2.11. The molecule has 1 aromatic rings. The molecule has 2 rings (SSSR count). The third kappa shape index (κ3) is 3.34. The molecule has 0 saturated heterocycles. The number of ketones is 1. The minimum absolute atomic E-state index is 0.0534. The van der Waals surface area contributed by atoms with E-state index in [2.05, 4.69) is 0 Å². The van der Waals surface area contributed by atoms with Crippen LogP contribution >= 0.6 is 0 Å². The average molecular weight is 260 g/mol. The molecule has 0 radical (unpaired) electrons. The average Bonchev–Trinajstić information content (AvgIpc) is 2.83. The van der Waals surface area contributed by atoms with Crippen LogP contribution in [0.1, 0.15) is 17.5 Å². The lowest BCUT2D eigenvalue weighted by atomic mass is 10.1. The fraction of sp³-hybridized carbons (Fsp3) is 0.286. The van der Waals surface area contributed by atoms with Crippen molar-refractivity contribution in [2.45, 2.75) is 19.3 Å². The van der Waals surface area contributed by atoms with Gasteiger partial charge in [0.25, 0.3) is 5.91 Å². The fourth-order valence-electron chi connectivity index (χ4n) is 2.09. The summed E-state index contributed by atoms with van der Waals surface area (Å²) in [4.78, 5) is 21.6. The maximum absolute atomic E-state index is 11.0. The second-order valence-electron chi connectivity index (χ2n) is 4.52. The zero-order valence-corrected chi connectivity index (χ0v) is 10.5. The fourth-order valence-corrected chi connectivity index (χ4v) is 2.09. The van der Waals surface area contributed by atoms with Crippen LogP contribution in [0.15, 0.2) is 30.0 Å². The normalized spacial score (nSPS) is 14.0. The number of primary amides is 1.